The van der Waals surface area contributed by atoms with Crippen LogP contribution in [0.15, 0.2) is 58.4 Å². The van der Waals surface area contributed by atoms with Gasteiger partial charge in [-0.05, 0) is 30.7 Å². The third-order valence-electron chi connectivity index (χ3n) is 3.67. The summed E-state index contributed by atoms with van der Waals surface area (Å²) in [5.41, 5.74) is 1.97. The first kappa shape index (κ1) is 23.7. The number of rotatable bonds is 7. The third-order valence-corrected chi connectivity index (χ3v) is 5.51. The molecule has 6 nitrogen and oxygen atoms in total. The van der Waals surface area contributed by atoms with E-state index in [0.717, 1.165) is 11.1 Å². The van der Waals surface area contributed by atoms with Crippen molar-refractivity contribution >= 4 is 51.6 Å². The quantitative estimate of drug-likeness (QED) is 0.226. The molecular weight excluding hydrogens is 499 g/mol. The van der Waals surface area contributed by atoms with Crippen LogP contribution in [0.25, 0.3) is 0 Å². The third kappa shape index (κ3) is 7.65. The highest BCUT2D eigenvalue weighted by Crippen LogP contribution is 2.14. The predicted molar refractivity (Wildman–Crippen MR) is 121 cm³/mol. The van der Waals surface area contributed by atoms with Crippen LogP contribution >= 0.6 is 35.6 Å². The molecule has 3 N–H and O–H groups in total. The van der Waals surface area contributed by atoms with Crippen LogP contribution in [0.1, 0.15) is 11.1 Å². The van der Waals surface area contributed by atoms with Gasteiger partial charge in [-0.1, -0.05) is 47.5 Å². The van der Waals surface area contributed by atoms with Gasteiger partial charge in [0.15, 0.2) is 5.96 Å². The summed E-state index contributed by atoms with van der Waals surface area (Å²) in [5, 5.41) is 6.88. The monoisotopic (exact) mass is 522 g/mol. The van der Waals surface area contributed by atoms with Crippen LogP contribution in [0.4, 0.5) is 0 Å². The number of benzene rings is 2. The van der Waals surface area contributed by atoms with Crippen molar-refractivity contribution in [2.75, 3.05) is 20.1 Å². The molecule has 0 aromatic heterocycles. The lowest BCUT2D eigenvalue weighted by Gasteiger charge is -2.13. The number of aryl methyl sites for hydroxylation is 1. The van der Waals surface area contributed by atoms with E-state index in [1.165, 1.54) is 0 Å². The van der Waals surface area contributed by atoms with Gasteiger partial charge in [-0.3, -0.25) is 4.99 Å². The van der Waals surface area contributed by atoms with Crippen molar-refractivity contribution in [3.05, 3.63) is 64.7 Å². The van der Waals surface area contributed by atoms with Crippen molar-refractivity contribution in [3.63, 3.8) is 0 Å². The predicted octanol–water partition coefficient (Wildman–Crippen LogP) is 2.91. The molecule has 0 bridgehead atoms. The first-order valence-electron chi connectivity index (χ1n) is 8.16. The van der Waals surface area contributed by atoms with E-state index < -0.39 is 10.0 Å². The molecule has 0 spiro atoms. The van der Waals surface area contributed by atoms with E-state index >= 15 is 0 Å². The smallest absolute Gasteiger partial charge is 0.240 e. The van der Waals surface area contributed by atoms with Gasteiger partial charge in [-0.25, -0.2) is 13.1 Å². The van der Waals surface area contributed by atoms with Gasteiger partial charge in [0.2, 0.25) is 10.0 Å². The SMILES string of the molecule is CN=C(NCCNS(=O)(=O)c1ccc(C)cc1)NCc1ccccc1Cl.I. The summed E-state index contributed by atoms with van der Waals surface area (Å²) < 4.78 is 27.0. The van der Waals surface area contributed by atoms with Crippen LogP contribution in [0.5, 0.6) is 0 Å². The van der Waals surface area contributed by atoms with Gasteiger partial charge in [0.05, 0.1) is 4.90 Å². The zero-order valence-electron chi connectivity index (χ0n) is 15.2. The highest BCUT2D eigenvalue weighted by atomic mass is 127. The zero-order chi connectivity index (χ0) is 19.0. The number of hydrogen-bond donors (Lipinski definition) is 3. The molecule has 2 aromatic rings. The van der Waals surface area contributed by atoms with Gasteiger partial charge in [0.1, 0.15) is 0 Å². The second kappa shape index (κ2) is 11.5. The van der Waals surface area contributed by atoms with Crippen molar-refractivity contribution < 1.29 is 8.42 Å². The molecule has 0 heterocycles. The summed E-state index contributed by atoms with van der Waals surface area (Å²) >= 11 is 6.12. The molecule has 0 saturated carbocycles. The second-order valence-electron chi connectivity index (χ2n) is 5.65. The highest BCUT2D eigenvalue weighted by Gasteiger charge is 2.12. The van der Waals surface area contributed by atoms with Crippen LogP contribution in [0.2, 0.25) is 5.02 Å². The van der Waals surface area contributed by atoms with E-state index in [9.17, 15) is 8.42 Å². The number of guanidine groups is 1. The molecule has 27 heavy (non-hydrogen) atoms. The maximum atomic E-state index is 12.2. The Labute approximate surface area is 182 Å². The topological polar surface area (TPSA) is 82.6 Å². The van der Waals surface area contributed by atoms with Crippen molar-refractivity contribution in [2.45, 2.75) is 18.4 Å². The number of aliphatic imine (C=N–C) groups is 1. The fraction of sp³-hybridized carbons (Fsp3) is 0.278. The minimum atomic E-state index is -3.51. The summed E-state index contributed by atoms with van der Waals surface area (Å²) in [4.78, 5) is 4.36. The summed E-state index contributed by atoms with van der Waals surface area (Å²) in [5.74, 6) is 0.569. The molecule has 0 aliphatic rings. The Morgan fingerprint density at radius 2 is 1.70 bits per heavy atom. The molecule has 2 aromatic carbocycles. The van der Waals surface area contributed by atoms with Crippen LogP contribution < -0.4 is 15.4 Å². The van der Waals surface area contributed by atoms with Crippen molar-refractivity contribution in [2.24, 2.45) is 4.99 Å². The lowest BCUT2D eigenvalue weighted by atomic mass is 10.2. The minimum Gasteiger partial charge on any atom is -0.355 e. The molecule has 0 radical (unpaired) electrons. The van der Waals surface area contributed by atoms with Crippen LogP contribution in [0.3, 0.4) is 0 Å². The number of sulfonamides is 1. The fourth-order valence-corrected chi connectivity index (χ4v) is 3.44. The van der Waals surface area contributed by atoms with Gasteiger partial charge < -0.3 is 10.6 Å². The highest BCUT2D eigenvalue weighted by molar-refractivity contribution is 14.0. The van der Waals surface area contributed by atoms with Crippen molar-refractivity contribution in [3.8, 4) is 0 Å². The number of nitrogens with one attached hydrogen (secondary N) is 3. The Morgan fingerprint density at radius 3 is 2.33 bits per heavy atom. The molecule has 0 unspecified atom stereocenters. The van der Waals surface area contributed by atoms with E-state index in [1.807, 2.05) is 31.2 Å². The van der Waals surface area contributed by atoms with E-state index in [-0.39, 0.29) is 35.4 Å². The lowest BCUT2D eigenvalue weighted by Crippen LogP contribution is -2.41. The number of halogens is 2. The first-order valence-corrected chi connectivity index (χ1v) is 10.0. The molecule has 0 fully saturated rings. The largest absolute Gasteiger partial charge is 0.355 e. The Kier molecular flexibility index (Phi) is 10.1. The Hall–Kier alpha value is -1.36. The Morgan fingerprint density at radius 1 is 1.04 bits per heavy atom. The van der Waals surface area contributed by atoms with E-state index in [1.54, 1.807) is 31.3 Å². The summed E-state index contributed by atoms with van der Waals surface area (Å²) in [6, 6.07) is 14.3. The number of nitrogens with zero attached hydrogens (tertiary/aromatic N) is 1. The zero-order valence-corrected chi connectivity index (χ0v) is 19.1. The molecule has 0 aliphatic heterocycles. The normalized spacial score (nSPS) is 11.6. The Bertz CT molecular complexity index is 858. The summed E-state index contributed by atoms with van der Waals surface area (Å²) in [7, 11) is -1.86. The summed E-state index contributed by atoms with van der Waals surface area (Å²) in [6.07, 6.45) is 0. The van der Waals surface area contributed by atoms with E-state index in [0.29, 0.717) is 24.1 Å². The average molecular weight is 523 g/mol. The number of hydrogen-bond acceptors (Lipinski definition) is 3. The van der Waals surface area contributed by atoms with Crippen LogP contribution in [-0.4, -0.2) is 34.5 Å². The van der Waals surface area contributed by atoms with Crippen LogP contribution in [0, 0.1) is 6.92 Å². The van der Waals surface area contributed by atoms with Gasteiger partial charge in [0.25, 0.3) is 0 Å². The fourth-order valence-electron chi connectivity index (χ4n) is 2.21. The van der Waals surface area contributed by atoms with Gasteiger partial charge in [0, 0.05) is 31.7 Å². The maximum Gasteiger partial charge on any atom is 0.240 e. The minimum absolute atomic E-state index is 0. The van der Waals surface area contributed by atoms with Crippen molar-refractivity contribution in [1.82, 2.24) is 15.4 Å². The lowest BCUT2D eigenvalue weighted by molar-refractivity contribution is 0.580. The van der Waals surface area contributed by atoms with Crippen LogP contribution in [-0.2, 0) is 16.6 Å². The molecule has 0 aliphatic carbocycles. The Balaban J connectivity index is 0.00000364. The first-order chi connectivity index (χ1) is 12.4. The molecule has 2 rings (SSSR count). The average Bonchev–Trinajstić information content (AvgIpc) is 2.62. The van der Waals surface area contributed by atoms with Gasteiger partial charge >= 0.3 is 0 Å². The van der Waals surface area contributed by atoms with Gasteiger partial charge in [-0.2, -0.15) is 0 Å². The molecule has 148 valence electrons. The standard InChI is InChI=1S/C18H23ClN4O2S.HI/c1-14-7-9-16(10-8-14)26(24,25)23-12-11-21-18(20-2)22-13-15-5-3-4-6-17(15)19;/h3-10,23H,11-13H2,1-2H3,(H2,20,21,22);1H. The molecule has 0 atom stereocenters. The molecule has 9 heteroatoms. The summed E-state index contributed by atoms with van der Waals surface area (Å²) in [6.45, 7) is 3.07. The molecule has 0 saturated heterocycles. The van der Waals surface area contributed by atoms with Crippen molar-refractivity contribution in [1.29, 1.82) is 0 Å². The second-order valence-corrected chi connectivity index (χ2v) is 7.83. The van der Waals surface area contributed by atoms with E-state index in [2.05, 4.69) is 20.3 Å². The maximum absolute atomic E-state index is 12.2. The molecular formula is C18H24ClIN4O2S. The molecule has 0 amide bonds. The van der Waals surface area contributed by atoms with Gasteiger partial charge in [-0.15, -0.1) is 24.0 Å². The van der Waals surface area contributed by atoms with E-state index in [4.69, 9.17) is 11.6 Å².